The SMILES string of the molecule is CCNCNC(C)C#N. The molecule has 0 aromatic rings. The number of rotatable bonds is 4. The summed E-state index contributed by atoms with van der Waals surface area (Å²) in [6.07, 6.45) is 0. The molecule has 0 spiro atoms. The predicted molar refractivity (Wildman–Crippen MR) is 36.8 cm³/mol. The zero-order valence-corrected chi connectivity index (χ0v) is 5.94. The molecule has 0 aliphatic rings. The van der Waals surface area contributed by atoms with E-state index in [1.165, 1.54) is 0 Å². The van der Waals surface area contributed by atoms with E-state index in [1.807, 2.05) is 13.8 Å². The molecule has 1 atom stereocenters. The van der Waals surface area contributed by atoms with Crippen LogP contribution in [0.3, 0.4) is 0 Å². The molecule has 0 radical (unpaired) electrons. The van der Waals surface area contributed by atoms with Crippen LogP contribution in [-0.2, 0) is 0 Å². The predicted octanol–water partition coefficient (Wildman–Crippen LogP) is 0.0551. The molecule has 0 rings (SSSR count). The van der Waals surface area contributed by atoms with Gasteiger partial charge in [0.25, 0.3) is 0 Å². The first kappa shape index (κ1) is 8.41. The highest BCUT2D eigenvalue weighted by atomic mass is 15.1. The van der Waals surface area contributed by atoms with Gasteiger partial charge in [-0.15, -0.1) is 0 Å². The van der Waals surface area contributed by atoms with Gasteiger partial charge in [-0.1, -0.05) is 6.92 Å². The molecular weight excluding hydrogens is 114 g/mol. The van der Waals surface area contributed by atoms with Crippen LogP contribution in [0.2, 0.25) is 0 Å². The quantitative estimate of drug-likeness (QED) is 0.414. The van der Waals surface area contributed by atoms with Crippen molar-refractivity contribution in [3.05, 3.63) is 0 Å². The molecule has 0 bridgehead atoms. The van der Waals surface area contributed by atoms with E-state index in [9.17, 15) is 0 Å². The molecule has 0 aliphatic carbocycles. The average Bonchev–Trinajstić information content (AvgIpc) is 1.89. The smallest absolute Gasteiger partial charge is 0.0934 e. The second-order valence-corrected chi connectivity index (χ2v) is 1.84. The second-order valence-electron chi connectivity index (χ2n) is 1.84. The van der Waals surface area contributed by atoms with Gasteiger partial charge in [0.15, 0.2) is 0 Å². The highest BCUT2D eigenvalue weighted by molar-refractivity contribution is 4.84. The fourth-order valence-electron chi connectivity index (χ4n) is 0.396. The molecule has 0 saturated carbocycles. The van der Waals surface area contributed by atoms with E-state index in [4.69, 9.17) is 5.26 Å². The number of hydrogen-bond acceptors (Lipinski definition) is 3. The van der Waals surface area contributed by atoms with Crippen molar-refractivity contribution >= 4 is 0 Å². The van der Waals surface area contributed by atoms with Crippen molar-refractivity contribution in [3.63, 3.8) is 0 Å². The summed E-state index contributed by atoms with van der Waals surface area (Å²) in [6.45, 7) is 5.51. The maximum atomic E-state index is 8.29. The lowest BCUT2D eigenvalue weighted by atomic mass is 10.4. The molecule has 2 N–H and O–H groups in total. The summed E-state index contributed by atoms with van der Waals surface area (Å²) in [6, 6.07) is 2.02. The van der Waals surface area contributed by atoms with Crippen LogP contribution >= 0.6 is 0 Å². The van der Waals surface area contributed by atoms with Crippen molar-refractivity contribution in [2.45, 2.75) is 19.9 Å². The maximum absolute atomic E-state index is 8.29. The molecule has 0 saturated heterocycles. The largest absolute Gasteiger partial charge is 0.305 e. The Bertz CT molecular complexity index is 95.0. The summed E-state index contributed by atoms with van der Waals surface area (Å²) >= 11 is 0. The van der Waals surface area contributed by atoms with Gasteiger partial charge in [-0.2, -0.15) is 5.26 Å². The van der Waals surface area contributed by atoms with Crippen LogP contribution < -0.4 is 10.6 Å². The van der Waals surface area contributed by atoms with E-state index >= 15 is 0 Å². The van der Waals surface area contributed by atoms with Crippen LogP contribution in [0.1, 0.15) is 13.8 Å². The van der Waals surface area contributed by atoms with Crippen molar-refractivity contribution in [2.24, 2.45) is 0 Å². The Morgan fingerprint density at radius 3 is 2.78 bits per heavy atom. The van der Waals surface area contributed by atoms with Gasteiger partial charge in [0, 0.05) is 6.67 Å². The van der Waals surface area contributed by atoms with Crippen molar-refractivity contribution in [1.29, 1.82) is 5.26 Å². The minimum atomic E-state index is -0.0518. The van der Waals surface area contributed by atoms with E-state index in [-0.39, 0.29) is 6.04 Å². The standard InChI is InChI=1S/C6H13N3/c1-3-8-5-9-6(2)4-7/h6,8-9H,3,5H2,1-2H3. The van der Waals surface area contributed by atoms with E-state index in [0.717, 1.165) is 6.54 Å². The van der Waals surface area contributed by atoms with Gasteiger partial charge in [0.1, 0.15) is 0 Å². The first-order valence-electron chi connectivity index (χ1n) is 3.15. The molecule has 3 nitrogen and oxygen atoms in total. The molecule has 0 aromatic carbocycles. The molecule has 0 aliphatic heterocycles. The zero-order valence-electron chi connectivity index (χ0n) is 5.94. The number of nitrogens with zero attached hydrogens (tertiary/aromatic N) is 1. The topological polar surface area (TPSA) is 47.8 Å². The second kappa shape index (κ2) is 5.54. The van der Waals surface area contributed by atoms with Gasteiger partial charge in [0.2, 0.25) is 0 Å². The minimum absolute atomic E-state index is 0.0518. The van der Waals surface area contributed by atoms with Gasteiger partial charge in [-0.25, -0.2) is 0 Å². The van der Waals surface area contributed by atoms with Crippen LogP contribution in [0.25, 0.3) is 0 Å². The first-order valence-corrected chi connectivity index (χ1v) is 3.15. The molecule has 0 amide bonds. The molecular formula is C6H13N3. The molecule has 3 heteroatoms. The molecule has 0 aromatic heterocycles. The van der Waals surface area contributed by atoms with Crippen molar-refractivity contribution in [1.82, 2.24) is 10.6 Å². The van der Waals surface area contributed by atoms with Gasteiger partial charge >= 0.3 is 0 Å². The van der Waals surface area contributed by atoms with E-state index in [0.29, 0.717) is 6.67 Å². The Kier molecular flexibility index (Phi) is 5.18. The molecule has 9 heavy (non-hydrogen) atoms. The Morgan fingerprint density at radius 1 is 1.67 bits per heavy atom. The Hall–Kier alpha value is -0.590. The molecule has 0 fully saturated rings. The summed E-state index contributed by atoms with van der Waals surface area (Å²) in [5.74, 6) is 0. The first-order chi connectivity index (χ1) is 4.31. The summed E-state index contributed by atoms with van der Waals surface area (Å²) in [5, 5.41) is 14.3. The Morgan fingerprint density at radius 2 is 2.33 bits per heavy atom. The third kappa shape index (κ3) is 5.28. The fourth-order valence-corrected chi connectivity index (χ4v) is 0.396. The third-order valence-electron chi connectivity index (χ3n) is 0.977. The van der Waals surface area contributed by atoms with E-state index in [1.54, 1.807) is 0 Å². The zero-order chi connectivity index (χ0) is 7.11. The molecule has 1 unspecified atom stereocenters. The minimum Gasteiger partial charge on any atom is -0.305 e. The van der Waals surface area contributed by atoms with Gasteiger partial charge in [-0.05, 0) is 13.5 Å². The summed E-state index contributed by atoms with van der Waals surface area (Å²) in [5.41, 5.74) is 0. The fraction of sp³-hybridized carbons (Fsp3) is 0.833. The van der Waals surface area contributed by atoms with Crippen molar-refractivity contribution in [2.75, 3.05) is 13.2 Å². The lowest BCUT2D eigenvalue weighted by molar-refractivity contribution is 0.570. The maximum Gasteiger partial charge on any atom is 0.0934 e. The van der Waals surface area contributed by atoms with Crippen molar-refractivity contribution in [3.8, 4) is 6.07 Å². The van der Waals surface area contributed by atoms with Crippen LogP contribution in [0.15, 0.2) is 0 Å². The van der Waals surface area contributed by atoms with Crippen molar-refractivity contribution < 1.29 is 0 Å². The van der Waals surface area contributed by atoms with E-state index in [2.05, 4.69) is 16.7 Å². The van der Waals surface area contributed by atoms with Gasteiger partial charge in [0.05, 0.1) is 12.1 Å². The normalized spacial score (nSPS) is 12.6. The lowest BCUT2D eigenvalue weighted by Crippen LogP contribution is -2.34. The third-order valence-corrected chi connectivity index (χ3v) is 0.977. The molecule has 0 heterocycles. The number of nitrogens with one attached hydrogen (secondary N) is 2. The number of hydrogen-bond donors (Lipinski definition) is 2. The number of nitriles is 1. The Labute approximate surface area is 56.1 Å². The van der Waals surface area contributed by atoms with Gasteiger partial charge < -0.3 is 5.32 Å². The Balaban J connectivity index is 2.99. The van der Waals surface area contributed by atoms with E-state index < -0.39 is 0 Å². The summed E-state index contributed by atoms with van der Waals surface area (Å²) in [7, 11) is 0. The average molecular weight is 127 g/mol. The van der Waals surface area contributed by atoms with Crippen LogP contribution in [-0.4, -0.2) is 19.3 Å². The molecule has 52 valence electrons. The summed E-state index contributed by atoms with van der Waals surface area (Å²) < 4.78 is 0. The van der Waals surface area contributed by atoms with Crippen LogP contribution in [0.5, 0.6) is 0 Å². The highest BCUT2D eigenvalue weighted by Gasteiger charge is 1.92. The lowest BCUT2D eigenvalue weighted by Gasteiger charge is -2.04. The summed E-state index contributed by atoms with van der Waals surface area (Å²) in [4.78, 5) is 0. The van der Waals surface area contributed by atoms with Crippen LogP contribution in [0, 0.1) is 11.3 Å². The van der Waals surface area contributed by atoms with Crippen LogP contribution in [0.4, 0.5) is 0 Å². The highest BCUT2D eigenvalue weighted by Crippen LogP contribution is 1.71. The van der Waals surface area contributed by atoms with Gasteiger partial charge in [-0.3, -0.25) is 5.32 Å². The monoisotopic (exact) mass is 127 g/mol.